The van der Waals surface area contributed by atoms with Crippen molar-refractivity contribution in [1.29, 1.82) is 0 Å². The second-order valence-corrected chi connectivity index (χ2v) is 18.3. The number of furan rings is 2. The van der Waals surface area contributed by atoms with E-state index in [1.165, 1.54) is 94.1 Å². The molecule has 0 saturated heterocycles. The molecule has 2 aromatic heterocycles. The minimum atomic E-state index is 0.0244. The average molecular weight is 773 g/mol. The van der Waals surface area contributed by atoms with Gasteiger partial charge in [0.2, 0.25) is 0 Å². The van der Waals surface area contributed by atoms with Gasteiger partial charge in [0.1, 0.15) is 22.5 Å². The van der Waals surface area contributed by atoms with Crippen LogP contribution in [0.4, 0.5) is 0 Å². The summed E-state index contributed by atoms with van der Waals surface area (Å²) in [6, 6.07) is 45.2. The van der Waals surface area contributed by atoms with Crippen molar-refractivity contribution < 1.29 is 8.83 Å². The third-order valence-corrected chi connectivity index (χ3v) is 14.6. The van der Waals surface area contributed by atoms with Gasteiger partial charge in [-0.2, -0.15) is 0 Å². The molecule has 0 fully saturated rings. The summed E-state index contributed by atoms with van der Waals surface area (Å²) in [6.07, 6.45) is 19.3. The molecule has 0 amide bonds. The van der Waals surface area contributed by atoms with Crippen molar-refractivity contribution in [2.75, 3.05) is 0 Å². The van der Waals surface area contributed by atoms with E-state index < -0.39 is 0 Å². The quantitative estimate of drug-likeness (QED) is 0.178. The maximum Gasteiger partial charge on any atom is 0.135 e. The highest BCUT2D eigenvalue weighted by molar-refractivity contribution is 6.07. The Labute approximate surface area is 350 Å². The molecule has 0 saturated carbocycles. The van der Waals surface area contributed by atoms with E-state index >= 15 is 0 Å². The molecule has 2 heteroatoms. The first kappa shape index (κ1) is 34.2. The van der Waals surface area contributed by atoms with E-state index in [2.05, 4.69) is 172 Å². The summed E-state index contributed by atoms with van der Waals surface area (Å²) >= 11 is 0. The second kappa shape index (κ2) is 12.7. The third-order valence-electron chi connectivity index (χ3n) is 14.6. The highest BCUT2D eigenvalue weighted by Gasteiger charge is 2.46. The van der Waals surface area contributed by atoms with Gasteiger partial charge in [0.15, 0.2) is 0 Å². The summed E-state index contributed by atoms with van der Waals surface area (Å²) in [4.78, 5) is 0. The molecule has 288 valence electrons. The molecule has 2 unspecified atom stereocenters. The molecule has 8 aromatic rings. The molecule has 2 nitrogen and oxygen atoms in total. The van der Waals surface area contributed by atoms with Gasteiger partial charge in [-0.25, -0.2) is 0 Å². The van der Waals surface area contributed by atoms with Crippen LogP contribution in [0.3, 0.4) is 0 Å². The zero-order chi connectivity index (χ0) is 39.7. The van der Waals surface area contributed by atoms with Crippen molar-refractivity contribution in [3.63, 3.8) is 0 Å². The molecule has 0 aliphatic heterocycles. The van der Waals surface area contributed by atoms with Gasteiger partial charge in [-0.15, -0.1) is 0 Å². The predicted molar refractivity (Wildman–Crippen MR) is 249 cm³/mol. The Morgan fingerprint density at radius 3 is 2.13 bits per heavy atom. The number of benzene rings is 6. The van der Waals surface area contributed by atoms with Crippen LogP contribution in [0, 0.1) is 5.92 Å². The number of hydrogen-bond acceptors (Lipinski definition) is 2. The second-order valence-electron chi connectivity index (χ2n) is 18.3. The maximum absolute atomic E-state index is 6.35. The van der Waals surface area contributed by atoms with Crippen LogP contribution in [-0.2, 0) is 18.3 Å². The summed E-state index contributed by atoms with van der Waals surface area (Å²) in [5, 5.41) is 3.60. The molecule has 6 aromatic carbocycles. The summed E-state index contributed by atoms with van der Waals surface area (Å²) in [5.74, 6) is 1.79. The lowest BCUT2D eigenvalue weighted by molar-refractivity contribution is 0.407. The molecule has 13 rings (SSSR count). The lowest BCUT2D eigenvalue weighted by atomic mass is 9.72. The lowest BCUT2D eigenvalue weighted by Gasteiger charge is -2.32. The SMILES string of the molecule is CC1(C)c2cc(-c3ccc4oc5ccc(C6=CCCC=C6)cc5c4c3)ccc2C2=CC3=C(Cc4cc(C5C=Cc6oc7ccc(-c8ccccc8)cc7c6C5)ccc43)CC21. The van der Waals surface area contributed by atoms with Gasteiger partial charge in [0, 0.05) is 27.6 Å². The summed E-state index contributed by atoms with van der Waals surface area (Å²) < 4.78 is 12.7. The first-order valence-corrected chi connectivity index (χ1v) is 21.8. The minimum Gasteiger partial charge on any atom is -0.456 e. The molecule has 0 bridgehead atoms. The molecule has 5 aliphatic carbocycles. The van der Waals surface area contributed by atoms with Crippen LogP contribution in [0.5, 0.6) is 0 Å². The summed E-state index contributed by atoms with van der Waals surface area (Å²) in [7, 11) is 0. The maximum atomic E-state index is 6.35. The Kier molecular flexibility index (Phi) is 7.24. The van der Waals surface area contributed by atoms with Crippen molar-refractivity contribution >= 4 is 55.7 Å². The molecule has 2 atom stereocenters. The van der Waals surface area contributed by atoms with Crippen LogP contribution in [0.15, 0.2) is 166 Å². The molecule has 0 N–H and O–H groups in total. The molecule has 2 heterocycles. The van der Waals surface area contributed by atoms with Gasteiger partial charge in [-0.05, 0) is 164 Å². The number of allylic oxidation sites excluding steroid dienone is 9. The van der Waals surface area contributed by atoms with Crippen LogP contribution >= 0.6 is 0 Å². The summed E-state index contributed by atoms with van der Waals surface area (Å²) in [5.41, 5.74) is 23.5. The van der Waals surface area contributed by atoms with Crippen molar-refractivity contribution in [2.45, 2.75) is 57.3 Å². The van der Waals surface area contributed by atoms with E-state index in [9.17, 15) is 0 Å². The lowest BCUT2D eigenvalue weighted by Crippen LogP contribution is -2.25. The topological polar surface area (TPSA) is 26.3 Å². The van der Waals surface area contributed by atoms with Crippen LogP contribution in [0.2, 0.25) is 0 Å². The van der Waals surface area contributed by atoms with Gasteiger partial charge in [-0.1, -0.05) is 129 Å². The van der Waals surface area contributed by atoms with Crippen molar-refractivity contribution in [1.82, 2.24) is 0 Å². The highest BCUT2D eigenvalue weighted by atomic mass is 16.3. The smallest absolute Gasteiger partial charge is 0.135 e. The molecular formula is C58H44O2. The largest absolute Gasteiger partial charge is 0.456 e. The van der Waals surface area contributed by atoms with Gasteiger partial charge in [0.25, 0.3) is 0 Å². The van der Waals surface area contributed by atoms with E-state index in [0.29, 0.717) is 11.8 Å². The fourth-order valence-electron chi connectivity index (χ4n) is 11.4. The molecular weight excluding hydrogens is 729 g/mol. The van der Waals surface area contributed by atoms with Gasteiger partial charge >= 0.3 is 0 Å². The number of hydrogen-bond donors (Lipinski definition) is 0. The van der Waals surface area contributed by atoms with Crippen molar-refractivity contribution in [3.05, 3.63) is 202 Å². The van der Waals surface area contributed by atoms with Crippen molar-refractivity contribution in [3.8, 4) is 22.3 Å². The van der Waals surface area contributed by atoms with E-state index in [-0.39, 0.29) is 5.41 Å². The molecule has 0 radical (unpaired) electrons. The Hall–Kier alpha value is -6.64. The number of fused-ring (bicyclic) bond motifs is 11. The molecule has 60 heavy (non-hydrogen) atoms. The highest BCUT2D eigenvalue weighted by Crippen LogP contribution is 2.58. The Bertz CT molecular complexity index is 3310. The monoisotopic (exact) mass is 772 g/mol. The van der Waals surface area contributed by atoms with Crippen LogP contribution in [0.25, 0.3) is 78.0 Å². The first-order chi connectivity index (χ1) is 29.4. The fourth-order valence-corrected chi connectivity index (χ4v) is 11.4. The fraction of sp³-hybridized carbons (Fsp3) is 0.172. The standard InChI is InChI=1S/C58H44O2/c1-58(2)52-31-41(40-18-24-57-51(30-40)49-28-38(16-22-55(49)60-57)35-11-7-4-8-12-35)14-20-45(52)47-33-46-43(32-53(47)58)26-42-25-36(13-19-44(42)46)39-17-23-56-50(29-39)48-27-37(15-21-54(48)59-56)34-9-5-3-6-10-34/h3,5-7,9-25,27-28,30-31,33,39,53H,4,8,26,29,32H2,1-2H3. The van der Waals surface area contributed by atoms with Crippen LogP contribution in [0.1, 0.15) is 83.7 Å². The predicted octanol–water partition coefficient (Wildman–Crippen LogP) is 15.5. The van der Waals surface area contributed by atoms with E-state index in [4.69, 9.17) is 8.83 Å². The minimum absolute atomic E-state index is 0.0244. The van der Waals surface area contributed by atoms with Crippen LogP contribution < -0.4 is 0 Å². The normalized spacial score (nSPS) is 19.6. The average Bonchev–Trinajstić information content (AvgIpc) is 4.02. The van der Waals surface area contributed by atoms with Gasteiger partial charge in [0.05, 0.1) is 0 Å². The van der Waals surface area contributed by atoms with Gasteiger partial charge in [-0.3, -0.25) is 0 Å². The van der Waals surface area contributed by atoms with Crippen molar-refractivity contribution in [2.24, 2.45) is 5.92 Å². The van der Waals surface area contributed by atoms with Crippen LogP contribution in [-0.4, -0.2) is 0 Å². The summed E-state index contributed by atoms with van der Waals surface area (Å²) in [6.45, 7) is 4.95. The van der Waals surface area contributed by atoms with Gasteiger partial charge < -0.3 is 8.83 Å². The number of rotatable bonds is 4. The van der Waals surface area contributed by atoms with E-state index in [0.717, 1.165) is 54.6 Å². The molecule has 0 spiro atoms. The third kappa shape index (κ3) is 5.13. The Morgan fingerprint density at radius 2 is 1.32 bits per heavy atom. The van der Waals surface area contributed by atoms with E-state index in [1.807, 2.05) is 0 Å². The Balaban J connectivity index is 0.799. The molecule has 5 aliphatic rings. The zero-order valence-electron chi connectivity index (χ0n) is 34.0. The Morgan fingerprint density at radius 1 is 0.600 bits per heavy atom. The first-order valence-electron chi connectivity index (χ1n) is 21.8. The van der Waals surface area contributed by atoms with E-state index in [1.54, 1.807) is 5.57 Å². The zero-order valence-corrected chi connectivity index (χ0v) is 34.0.